The Bertz CT molecular complexity index is 1190. The molecule has 0 atom stereocenters. The van der Waals surface area contributed by atoms with Crippen LogP contribution in [0.15, 0.2) is 53.4 Å². The summed E-state index contributed by atoms with van der Waals surface area (Å²) >= 11 is -0.171. The third-order valence-corrected chi connectivity index (χ3v) is 7.90. The van der Waals surface area contributed by atoms with Crippen LogP contribution >= 0.6 is 11.8 Å². The van der Waals surface area contributed by atoms with Crippen LogP contribution in [0.2, 0.25) is 0 Å². The number of amides is 1. The minimum atomic E-state index is -4.40. The predicted octanol–water partition coefficient (Wildman–Crippen LogP) is 7.27. The molecule has 3 aromatic rings. The van der Waals surface area contributed by atoms with Crippen molar-refractivity contribution in [2.75, 3.05) is 0 Å². The van der Waals surface area contributed by atoms with Crippen molar-refractivity contribution in [1.29, 1.82) is 0 Å². The van der Waals surface area contributed by atoms with E-state index >= 15 is 0 Å². The van der Waals surface area contributed by atoms with E-state index in [9.17, 15) is 18.0 Å². The Morgan fingerprint density at radius 3 is 2.36 bits per heavy atom. The molecule has 1 aromatic heterocycles. The second-order valence-corrected chi connectivity index (χ2v) is 10.4. The quantitative estimate of drug-likeness (QED) is 0.408. The standard InChI is InChI=1S/C26H25F3N2OS/c1-16-22(24(32)31-25-12-9-17(10-13-25)11-14-25)20-15-19(33-26(27,28)29)7-8-21(20)30-23(16)18-5-3-2-4-6-18/h2-8,15,17H,9-14H2,1H3,(H,31,32). The monoisotopic (exact) mass is 470 g/mol. The molecule has 6 rings (SSSR count). The summed E-state index contributed by atoms with van der Waals surface area (Å²) < 4.78 is 39.1. The van der Waals surface area contributed by atoms with Gasteiger partial charge in [-0.05, 0) is 86.9 Å². The highest BCUT2D eigenvalue weighted by Crippen LogP contribution is 2.45. The van der Waals surface area contributed by atoms with Crippen molar-refractivity contribution in [1.82, 2.24) is 10.3 Å². The van der Waals surface area contributed by atoms with Crippen molar-refractivity contribution in [2.24, 2.45) is 5.92 Å². The van der Waals surface area contributed by atoms with Crippen LogP contribution in [0.25, 0.3) is 22.2 Å². The molecule has 3 saturated carbocycles. The number of nitrogens with one attached hydrogen (secondary N) is 1. The summed E-state index contributed by atoms with van der Waals surface area (Å²) in [7, 11) is 0. The number of carbonyl (C=O) groups excluding carboxylic acids is 1. The molecule has 1 amide bonds. The molecule has 0 saturated heterocycles. The average molecular weight is 471 g/mol. The lowest BCUT2D eigenvalue weighted by atomic mass is 9.65. The van der Waals surface area contributed by atoms with Gasteiger partial charge in [-0.25, -0.2) is 4.98 Å². The third-order valence-electron chi connectivity index (χ3n) is 7.18. The average Bonchev–Trinajstić information content (AvgIpc) is 2.79. The predicted molar refractivity (Wildman–Crippen MR) is 125 cm³/mol. The van der Waals surface area contributed by atoms with Crippen LogP contribution in [0.5, 0.6) is 0 Å². The number of hydrogen-bond donors (Lipinski definition) is 1. The first kappa shape index (κ1) is 22.3. The number of aromatic nitrogens is 1. The van der Waals surface area contributed by atoms with Gasteiger partial charge in [-0.15, -0.1) is 0 Å². The van der Waals surface area contributed by atoms with Crippen LogP contribution in [0.4, 0.5) is 13.2 Å². The van der Waals surface area contributed by atoms with Crippen molar-refractivity contribution in [3.05, 3.63) is 59.7 Å². The summed E-state index contributed by atoms with van der Waals surface area (Å²) in [5.74, 6) is 0.547. The maximum Gasteiger partial charge on any atom is 0.446 e. The highest BCUT2D eigenvalue weighted by molar-refractivity contribution is 8.00. The third kappa shape index (κ3) is 4.47. The summed E-state index contributed by atoms with van der Waals surface area (Å²) in [4.78, 5) is 18.5. The van der Waals surface area contributed by atoms with Crippen molar-refractivity contribution in [3.8, 4) is 11.3 Å². The van der Waals surface area contributed by atoms with Crippen LogP contribution < -0.4 is 5.32 Å². The first-order chi connectivity index (χ1) is 15.7. The number of pyridine rings is 1. The van der Waals surface area contributed by atoms with E-state index in [2.05, 4.69) is 5.32 Å². The van der Waals surface area contributed by atoms with Crippen molar-refractivity contribution in [3.63, 3.8) is 0 Å². The Morgan fingerprint density at radius 1 is 1.06 bits per heavy atom. The zero-order valence-corrected chi connectivity index (χ0v) is 19.2. The molecule has 0 aliphatic heterocycles. The smallest absolute Gasteiger partial charge is 0.347 e. The molecule has 172 valence electrons. The van der Waals surface area contributed by atoms with Gasteiger partial charge in [-0.1, -0.05) is 30.3 Å². The molecule has 3 fully saturated rings. The van der Waals surface area contributed by atoms with E-state index in [1.807, 2.05) is 37.3 Å². The van der Waals surface area contributed by atoms with E-state index in [1.54, 1.807) is 6.07 Å². The Morgan fingerprint density at radius 2 is 1.73 bits per heavy atom. The van der Waals surface area contributed by atoms with Gasteiger partial charge in [0.15, 0.2) is 0 Å². The first-order valence-corrected chi connectivity index (χ1v) is 12.1. The topological polar surface area (TPSA) is 42.0 Å². The molecule has 1 N–H and O–H groups in total. The molecule has 7 heteroatoms. The zero-order chi connectivity index (χ0) is 23.2. The number of benzene rings is 2. The molecule has 0 unspecified atom stereocenters. The maximum absolute atomic E-state index is 13.7. The minimum absolute atomic E-state index is 0.0500. The molecular weight excluding hydrogens is 445 g/mol. The Balaban J connectivity index is 1.63. The summed E-state index contributed by atoms with van der Waals surface area (Å²) in [5, 5.41) is 3.78. The first-order valence-electron chi connectivity index (χ1n) is 11.3. The molecule has 2 bridgehead atoms. The summed E-state index contributed by atoms with van der Waals surface area (Å²) in [6, 6.07) is 14.0. The molecule has 1 heterocycles. The van der Waals surface area contributed by atoms with E-state index in [-0.39, 0.29) is 28.1 Å². The number of carbonyl (C=O) groups is 1. The van der Waals surface area contributed by atoms with Gasteiger partial charge in [-0.2, -0.15) is 13.2 Å². The van der Waals surface area contributed by atoms with E-state index in [4.69, 9.17) is 4.98 Å². The number of fused-ring (bicyclic) bond motifs is 4. The summed E-state index contributed by atoms with van der Waals surface area (Å²) in [6.45, 7) is 1.84. The Kier molecular flexibility index (Phi) is 5.63. The molecule has 0 radical (unpaired) electrons. The number of halogens is 3. The fourth-order valence-electron chi connectivity index (χ4n) is 5.44. The van der Waals surface area contributed by atoms with Gasteiger partial charge in [0.05, 0.1) is 16.8 Å². The molecular formula is C26H25F3N2OS. The molecule has 2 aromatic carbocycles. The van der Waals surface area contributed by atoms with Crippen molar-refractivity contribution in [2.45, 2.75) is 61.4 Å². The highest BCUT2D eigenvalue weighted by atomic mass is 32.2. The van der Waals surface area contributed by atoms with Crippen LogP contribution in [-0.4, -0.2) is 21.9 Å². The molecule has 33 heavy (non-hydrogen) atoms. The number of nitrogens with zero attached hydrogens (tertiary/aromatic N) is 1. The summed E-state index contributed by atoms with van der Waals surface area (Å²) in [6.07, 6.45) is 6.26. The van der Waals surface area contributed by atoms with E-state index in [0.29, 0.717) is 27.7 Å². The molecule has 3 aliphatic carbocycles. The van der Waals surface area contributed by atoms with E-state index in [0.717, 1.165) is 50.0 Å². The Hall–Kier alpha value is -2.54. The van der Waals surface area contributed by atoms with E-state index in [1.165, 1.54) is 12.1 Å². The highest BCUT2D eigenvalue weighted by Gasteiger charge is 2.41. The van der Waals surface area contributed by atoms with Gasteiger partial charge < -0.3 is 5.32 Å². The normalized spacial score (nSPS) is 22.5. The van der Waals surface area contributed by atoms with Gasteiger partial charge >= 0.3 is 5.51 Å². The lowest BCUT2D eigenvalue weighted by Gasteiger charge is -2.47. The second-order valence-electron chi connectivity index (χ2n) is 9.27. The largest absolute Gasteiger partial charge is 0.446 e. The van der Waals surface area contributed by atoms with Crippen LogP contribution in [-0.2, 0) is 0 Å². The summed E-state index contributed by atoms with van der Waals surface area (Å²) in [5.41, 5.74) is -1.44. The zero-order valence-electron chi connectivity index (χ0n) is 18.3. The number of alkyl halides is 3. The van der Waals surface area contributed by atoms with E-state index < -0.39 is 5.51 Å². The van der Waals surface area contributed by atoms with Gasteiger partial charge in [-0.3, -0.25) is 4.79 Å². The fraction of sp³-hybridized carbons (Fsp3) is 0.385. The number of thioether (sulfide) groups is 1. The maximum atomic E-state index is 13.7. The van der Waals surface area contributed by atoms with Gasteiger partial charge in [0.1, 0.15) is 0 Å². The molecule has 0 spiro atoms. The molecule has 3 nitrogen and oxygen atoms in total. The lowest BCUT2D eigenvalue weighted by molar-refractivity contribution is -0.0328. The Labute approximate surface area is 195 Å². The fourth-order valence-corrected chi connectivity index (χ4v) is 6.02. The molecule has 3 aliphatic rings. The van der Waals surface area contributed by atoms with Crippen LogP contribution in [0.3, 0.4) is 0 Å². The number of hydrogen-bond acceptors (Lipinski definition) is 3. The van der Waals surface area contributed by atoms with Crippen LogP contribution in [0.1, 0.15) is 54.4 Å². The van der Waals surface area contributed by atoms with Crippen molar-refractivity contribution < 1.29 is 18.0 Å². The van der Waals surface area contributed by atoms with Gasteiger partial charge in [0.2, 0.25) is 0 Å². The minimum Gasteiger partial charge on any atom is -0.347 e. The lowest BCUT2D eigenvalue weighted by Crippen LogP contribution is -2.53. The van der Waals surface area contributed by atoms with Crippen LogP contribution in [0, 0.1) is 12.8 Å². The van der Waals surface area contributed by atoms with Gasteiger partial charge in [0, 0.05) is 21.4 Å². The second kappa shape index (κ2) is 8.35. The van der Waals surface area contributed by atoms with Gasteiger partial charge in [0.25, 0.3) is 5.91 Å². The SMILES string of the molecule is Cc1c(-c2ccccc2)nc2ccc(SC(F)(F)F)cc2c1C(=O)NC12CCC(CC1)CC2. The number of rotatable bonds is 4. The van der Waals surface area contributed by atoms with Crippen molar-refractivity contribution >= 4 is 28.6 Å².